The lowest BCUT2D eigenvalue weighted by Crippen LogP contribution is -2.49. The van der Waals surface area contributed by atoms with Crippen LogP contribution < -0.4 is 10.7 Å². The molecule has 1 aliphatic rings. The average molecular weight is 474 g/mol. The molecule has 0 radical (unpaired) electrons. The molecule has 0 aliphatic carbocycles. The Morgan fingerprint density at radius 1 is 1.07 bits per heavy atom. The van der Waals surface area contributed by atoms with Gasteiger partial charge >= 0.3 is 0 Å². The van der Waals surface area contributed by atoms with Crippen molar-refractivity contribution in [2.45, 2.75) is 5.16 Å². The van der Waals surface area contributed by atoms with E-state index in [1.807, 2.05) is 47.4 Å². The molecule has 1 amide bonds. The van der Waals surface area contributed by atoms with Gasteiger partial charge in [-0.25, -0.2) is 9.66 Å². The van der Waals surface area contributed by atoms with Crippen molar-refractivity contribution in [2.75, 3.05) is 42.7 Å². The summed E-state index contributed by atoms with van der Waals surface area (Å²) >= 11 is 4.80. The first-order chi connectivity index (χ1) is 14.1. The van der Waals surface area contributed by atoms with Crippen LogP contribution in [-0.2, 0) is 4.79 Å². The molecule has 4 rings (SSSR count). The van der Waals surface area contributed by atoms with Gasteiger partial charge < -0.3 is 15.6 Å². The van der Waals surface area contributed by atoms with Crippen molar-refractivity contribution in [1.82, 2.24) is 24.8 Å². The van der Waals surface area contributed by atoms with Gasteiger partial charge in [0.2, 0.25) is 11.1 Å². The zero-order chi connectivity index (χ0) is 20.2. The molecule has 1 aliphatic heterocycles. The highest BCUT2D eigenvalue weighted by Gasteiger charge is 2.23. The lowest BCUT2D eigenvalue weighted by Gasteiger charge is -2.35. The number of hydrogen-bond donors (Lipinski definition) is 1. The van der Waals surface area contributed by atoms with E-state index >= 15 is 0 Å². The van der Waals surface area contributed by atoms with Crippen LogP contribution in [-0.4, -0.2) is 62.6 Å². The quantitative estimate of drug-likeness (QED) is 0.448. The van der Waals surface area contributed by atoms with E-state index in [2.05, 4.69) is 36.0 Å². The Bertz CT molecular complexity index is 989. The second kappa shape index (κ2) is 8.83. The van der Waals surface area contributed by atoms with Crippen LogP contribution >= 0.6 is 27.7 Å². The molecule has 1 aromatic carbocycles. The first-order valence-corrected chi connectivity index (χ1v) is 10.9. The highest BCUT2D eigenvalue weighted by Crippen LogP contribution is 2.28. The fourth-order valence-corrected chi connectivity index (χ4v) is 4.37. The van der Waals surface area contributed by atoms with E-state index in [9.17, 15) is 4.79 Å². The van der Waals surface area contributed by atoms with Gasteiger partial charge in [-0.3, -0.25) is 4.79 Å². The van der Waals surface area contributed by atoms with E-state index in [1.165, 1.54) is 16.4 Å². The minimum atomic E-state index is 0.0705. The number of aromatic nitrogens is 4. The molecule has 3 aromatic rings. The van der Waals surface area contributed by atoms with Gasteiger partial charge in [0.25, 0.3) is 0 Å². The number of amides is 1. The highest BCUT2D eigenvalue weighted by atomic mass is 79.9. The lowest BCUT2D eigenvalue weighted by atomic mass is 10.2. The van der Waals surface area contributed by atoms with Crippen molar-refractivity contribution in [2.24, 2.45) is 0 Å². The summed E-state index contributed by atoms with van der Waals surface area (Å²) in [4.78, 5) is 21.1. The Kier molecular flexibility index (Phi) is 6.00. The Hall–Kier alpha value is -2.59. The number of hydrogen-bond acceptors (Lipinski definition) is 7. The minimum absolute atomic E-state index is 0.0705. The van der Waals surface area contributed by atoms with Crippen LogP contribution in [0, 0.1) is 0 Å². The number of benzene rings is 1. The number of halogens is 1. The predicted octanol–water partition coefficient (Wildman–Crippen LogP) is 2.26. The van der Waals surface area contributed by atoms with Crippen LogP contribution in [0.1, 0.15) is 0 Å². The zero-order valence-electron chi connectivity index (χ0n) is 15.6. The predicted molar refractivity (Wildman–Crippen MR) is 117 cm³/mol. The van der Waals surface area contributed by atoms with Crippen molar-refractivity contribution < 1.29 is 4.79 Å². The smallest absolute Gasteiger partial charge is 0.233 e. The number of carbonyl (C=O) groups excluding carboxylic acids is 1. The SMILES string of the molecule is Nn1c(SCC(=O)N2CCN(c3ccccn3)CC2)nnc1-c1ccccc1Br. The molecule has 0 saturated carbocycles. The summed E-state index contributed by atoms with van der Waals surface area (Å²) < 4.78 is 2.31. The zero-order valence-corrected chi connectivity index (χ0v) is 18.0. The maximum absolute atomic E-state index is 12.6. The Balaban J connectivity index is 1.33. The molecule has 0 unspecified atom stereocenters. The van der Waals surface area contributed by atoms with Gasteiger partial charge in [0, 0.05) is 42.4 Å². The molecule has 3 heterocycles. The van der Waals surface area contributed by atoms with Crippen LogP contribution in [0.15, 0.2) is 58.3 Å². The molecule has 29 heavy (non-hydrogen) atoms. The van der Waals surface area contributed by atoms with Crippen LogP contribution in [0.25, 0.3) is 11.4 Å². The third-order valence-corrected chi connectivity index (χ3v) is 6.33. The van der Waals surface area contributed by atoms with Crippen LogP contribution in [0.4, 0.5) is 5.82 Å². The maximum atomic E-state index is 12.6. The Labute approximate surface area is 181 Å². The molecule has 1 saturated heterocycles. The fourth-order valence-electron chi connectivity index (χ4n) is 3.15. The average Bonchev–Trinajstić information content (AvgIpc) is 3.13. The number of rotatable bonds is 5. The largest absolute Gasteiger partial charge is 0.353 e. The van der Waals surface area contributed by atoms with Gasteiger partial charge in [0.15, 0.2) is 5.82 Å². The molecule has 0 spiro atoms. The summed E-state index contributed by atoms with van der Waals surface area (Å²) in [6, 6.07) is 13.5. The van der Waals surface area contributed by atoms with Gasteiger partial charge in [-0.1, -0.05) is 45.9 Å². The molecule has 10 heteroatoms. The minimum Gasteiger partial charge on any atom is -0.353 e. The second-order valence-electron chi connectivity index (χ2n) is 6.50. The normalized spacial score (nSPS) is 14.2. The fraction of sp³-hybridized carbons (Fsp3) is 0.263. The number of piperazine rings is 1. The molecule has 1 fully saturated rings. The van der Waals surface area contributed by atoms with E-state index in [0.29, 0.717) is 24.1 Å². The number of nitrogens with two attached hydrogens (primary N) is 1. The number of thioether (sulfide) groups is 1. The van der Waals surface area contributed by atoms with E-state index in [1.54, 1.807) is 6.20 Å². The summed E-state index contributed by atoms with van der Waals surface area (Å²) in [5.74, 6) is 8.01. The molecular weight excluding hydrogens is 454 g/mol. The first-order valence-electron chi connectivity index (χ1n) is 9.15. The topological polar surface area (TPSA) is 93.2 Å². The summed E-state index contributed by atoms with van der Waals surface area (Å²) in [6.07, 6.45) is 1.79. The molecule has 150 valence electrons. The standard InChI is InChI=1S/C19H20BrN7OS/c20-15-6-2-1-5-14(15)18-23-24-19(27(18)21)29-13-17(28)26-11-9-25(10-12-26)16-7-3-4-8-22-16/h1-8H,9-13,21H2. The van der Waals surface area contributed by atoms with Crippen LogP contribution in [0.3, 0.4) is 0 Å². The molecule has 8 nitrogen and oxygen atoms in total. The number of pyridine rings is 1. The summed E-state index contributed by atoms with van der Waals surface area (Å²) in [7, 11) is 0. The highest BCUT2D eigenvalue weighted by molar-refractivity contribution is 9.10. The lowest BCUT2D eigenvalue weighted by molar-refractivity contribution is -0.128. The Morgan fingerprint density at radius 2 is 1.83 bits per heavy atom. The molecule has 0 atom stereocenters. The van der Waals surface area contributed by atoms with Crippen molar-refractivity contribution >= 4 is 39.4 Å². The van der Waals surface area contributed by atoms with Gasteiger partial charge in [0.05, 0.1) is 5.75 Å². The summed E-state index contributed by atoms with van der Waals surface area (Å²) in [6.45, 7) is 2.89. The third-order valence-electron chi connectivity index (χ3n) is 4.71. The third kappa shape index (κ3) is 4.38. The molecule has 2 aromatic heterocycles. The van der Waals surface area contributed by atoms with Gasteiger partial charge in [-0.2, -0.15) is 0 Å². The van der Waals surface area contributed by atoms with E-state index in [4.69, 9.17) is 5.84 Å². The number of nitrogens with zero attached hydrogens (tertiary/aromatic N) is 6. The van der Waals surface area contributed by atoms with Crippen molar-refractivity contribution in [3.63, 3.8) is 0 Å². The van der Waals surface area contributed by atoms with Gasteiger partial charge in [0.1, 0.15) is 5.82 Å². The van der Waals surface area contributed by atoms with E-state index < -0.39 is 0 Å². The first kappa shape index (κ1) is 19.7. The van der Waals surface area contributed by atoms with Gasteiger partial charge in [-0.15, -0.1) is 10.2 Å². The maximum Gasteiger partial charge on any atom is 0.233 e. The van der Waals surface area contributed by atoms with Crippen molar-refractivity contribution in [3.05, 3.63) is 53.1 Å². The van der Waals surface area contributed by atoms with E-state index in [0.717, 1.165) is 28.9 Å². The molecule has 0 bridgehead atoms. The second-order valence-corrected chi connectivity index (χ2v) is 8.30. The summed E-state index contributed by atoms with van der Waals surface area (Å²) in [5.41, 5.74) is 0.853. The van der Waals surface area contributed by atoms with Crippen LogP contribution in [0.2, 0.25) is 0 Å². The number of anilines is 1. The Morgan fingerprint density at radius 3 is 2.55 bits per heavy atom. The molecular formula is C19H20BrN7OS. The number of carbonyl (C=O) groups is 1. The number of nitrogen functional groups attached to an aromatic ring is 1. The van der Waals surface area contributed by atoms with Crippen molar-refractivity contribution in [3.8, 4) is 11.4 Å². The monoisotopic (exact) mass is 473 g/mol. The van der Waals surface area contributed by atoms with Crippen LogP contribution in [0.5, 0.6) is 0 Å². The summed E-state index contributed by atoms with van der Waals surface area (Å²) in [5, 5.41) is 8.83. The molecule has 2 N–H and O–H groups in total. The van der Waals surface area contributed by atoms with Crippen molar-refractivity contribution in [1.29, 1.82) is 0 Å². The van der Waals surface area contributed by atoms with E-state index in [-0.39, 0.29) is 11.7 Å². The van der Waals surface area contributed by atoms with Gasteiger partial charge in [-0.05, 0) is 24.3 Å².